The van der Waals surface area contributed by atoms with Crippen LogP contribution in [0.4, 0.5) is 5.69 Å². The molecule has 2 aromatic rings. The van der Waals surface area contributed by atoms with E-state index >= 15 is 0 Å². The van der Waals surface area contributed by atoms with E-state index in [9.17, 15) is 13.2 Å². The van der Waals surface area contributed by atoms with E-state index < -0.39 is 9.84 Å². The van der Waals surface area contributed by atoms with Gasteiger partial charge in [0.15, 0.2) is 15.6 Å². The normalized spacial score (nSPS) is 18.9. The SMILES string of the molecule is CN(C)c1ccc(CN(C(=O)c2ccco2)[C@H]2CCS(=O)(=O)C2)cc1. The third-order valence-electron chi connectivity index (χ3n) is 4.45. The average molecular weight is 362 g/mol. The lowest BCUT2D eigenvalue weighted by atomic mass is 10.1. The van der Waals surface area contributed by atoms with Crippen LogP contribution in [0, 0.1) is 0 Å². The summed E-state index contributed by atoms with van der Waals surface area (Å²) in [4.78, 5) is 16.4. The number of hydrogen-bond acceptors (Lipinski definition) is 5. The van der Waals surface area contributed by atoms with Gasteiger partial charge in [0.2, 0.25) is 0 Å². The molecular formula is C18H22N2O4S. The van der Waals surface area contributed by atoms with Crippen LogP contribution < -0.4 is 4.90 Å². The number of nitrogens with zero attached hydrogens (tertiary/aromatic N) is 2. The van der Waals surface area contributed by atoms with Crippen LogP contribution in [0.15, 0.2) is 47.1 Å². The van der Waals surface area contributed by atoms with Gasteiger partial charge in [0.1, 0.15) is 0 Å². The van der Waals surface area contributed by atoms with E-state index in [0.717, 1.165) is 11.3 Å². The van der Waals surface area contributed by atoms with Crippen LogP contribution in [0.25, 0.3) is 0 Å². The number of amides is 1. The summed E-state index contributed by atoms with van der Waals surface area (Å²) < 4.78 is 28.9. The van der Waals surface area contributed by atoms with E-state index in [1.54, 1.807) is 17.0 Å². The van der Waals surface area contributed by atoms with Crippen molar-refractivity contribution in [2.75, 3.05) is 30.5 Å². The topological polar surface area (TPSA) is 70.8 Å². The second-order valence-corrected chi connectivity index (χ2v) is 8.76. The highest BCUT2D eigenvalue weighted by molar-refractivity contribution is 7.91. The second kappa shape index (κ2) is 6.92. The third-order valence-corrected chi connectivity index (χ3v) is 6.20. The summed E-state index contributed by atoms with van der Waals surface area (Å²) in [6.45, 7) is 0.355. The first-order valence-corrected chi connectivity index (χ1v) is 9.99. The van der Waals surface area contributed by atoms with Crippen molar-refractivity contribution in [2.24, 2.45) is 0 Å². The van der Waals surface area contributed by atoms with Gasteiger partial charge >= 0.3 is 0 Å². The van der Waals surface area contributed by atoms with Crippen molar-refractivity contribution in [1.29, 1.82) is 0 Å². The van der Waals surface area contributed by atoms with Crippen LogP contribution in [0.3, 0.4) is 0 Å². The van der Waals surface area contributed by atoms with E-state index in [1.165, 1.54) is 6.26 Å². The molecule has 0 saturated carbocycles. The number of benzene rings is 1. The first-order valence-electron chi connectivity index (χ1n) is 8.17. The molecule has 0 unspecified atom stereocenters. The summed E-state index contributed by atoms with van der Waals surface area (Å²) in [7, 11) is 0.843. The van der Waals surface area contributed by atoms with Crippen molar-refractivity contribution in [1.82, 2.24) is 4.90 Å². The molecule has 0 radical (unpaired) electrons. The highest BCUT2D eigenvalue weighted by Crippen LogP contribution is 2.23. The highest BCUT2D eigenvalue weighted by Gasteiger charge is 2.35. The van der Waals surface area contributed by atoms with Gasteiger partial charge < -0.3 is 14.2 Å². The first kappa shape index (κ1) is 17.5. The van der Waals surface area contributed by atoms with Crippen molar-refractivity contribution < 1.29 is 17.6 Å². The lowest BCUT2D eigenvalue weighted by Gasteiger charge is -2.27. The van der Waals surface area contributed by atoms with Crippen LogP contribution in [0.2, 0.25) is 0 Å². The molecule has 0 spiro atoms. The molecule has 134 valence electrons. The van der Waals surface area contributed by atoms with Crippen molar-refractivity contribution >= 4 is 21.4 Å². The van der Waals surface area contributed by atoms with Crippen molar-refractivity contribution in [3.05, 3.63) is 54.0 Å². The maximum atomic E-state index is 12.8. The number of carbonyl (C=O) groups is 1. The van der Waals surface area contributed by atoms with Gasteiger partial charge in [-0.1, -0.05) is 12.1 Å². The summed E-state index contributed by atoms with van der Waals surface area (Å²) in [5.74, 6) is 0.0898. The van der Waals surface area contributed by atoms with E-state index in [-0.39, 0.29) is 29.2 Å². The zero-order chi connectivity index (χ0) is 18.0. The Morgan fingerprint density at radius 1 is 1.20 bits per heavy atom. The van der Waals surface area contributed by atoms with E-state index in [1.807, 2.05) is 43.3 Å². The molecule has 1 aliphatic heterocycles. The fourth-order valence-electron chi connectivity index (χ4n) is 3.03. The highest BCUT2D eigenvalue weighted by atomic mass is 32.2. The molecule has 0 aliphatic carbocycles. The number of anilines is 1. The molecule has 3 rings (SSSR count). The fourth-order valence-corrected chi connectivity index (χ4v) is 4.76. The number of furan rings is 1. The van der Waals surface area contributed by atoms with E-state index in [0.29, 0.717) is 13.0 Å². The first-order chi connectivity index (χ1) is 11.9. The molecule has 0 bridgehead atoms. The molecule has 6 nitrogen and oxygen atoms in total. The van der Waals surface area contributed by atoms with Gasteiger partial charge in [-0.15, -0.1) is 0 Å². The third kappa shape index (κ3) is 4.04. The maximum Gasteiger partial charge on any atom is 0.290 e. The minimum absolute atomic E-state index is 0.00916. The van der Waals surface area contributed by atoms with Crippen LogP contribution in [-0.2, 0) is 16.4 Å². The van der Waals surface area contributed by atoms with Gasteiger partial charge in [0.25, 0.3) is 5.91 Å². The van der Waals surface area contributed by atoms with Crippen molar-refractivity contribution in [3.8, 4) is 0 Å². The number of sulfone groups is 1. The lowest BCUT2D eigenvalue weighted by Crippen LogP contribution is -2.40. The number of hydrogen-bond donors (Lipinski definition) is 0. The van der Waals surface area contributed by atoms with Crippen molar-refractivity contribution in [2.45, 2.75) is 19.0 Å². The van der Waals surface area contributed by atoms with Gasteiger partial charge in [-0.2, -0.15) is 0 Å². The molecule has 1 saturated heterocycles. The Balaban J connectivity index is 1.84. The number of carbonyl (C=O) groups excluding carboxylic acids is 1. The summed E-state index contributed by atoms with van der Waals surface area (Å²) >= 11 is 0. The van der Waals surface area contributed by atoms with Gasteiger partial charge in [0.05, 0.1) is 17.8 Å². The molecule has 0 N–H and O–H groups in total. The Kier molecular flexibility index (Phi) is 4.85. The Labute approximate surface area is 148 Å². The Bertz CT molecular complexity index is 826. The smallest absolute Gasteiger partial charge is 0.290 e. The van der Waals surface area contributed by atoms with Crippen molar-refractivity contribution in [3.63, 3.8) is 0 Å². The minimum atomic E-state index is -3.08. The molecule has 1 fully saturated rings. The Morgan fingerprint density at radius 2 is 1.92 bits per heavy atom. The predicted molar refractivity (Wildman–Crippen MR) is 96.4 cm³/mol. The molecule has 1 amide bonds. The molecular weight excluding hydrogens is 340 g/mol. The van der Waals surface area contributed by atoms with Crippen LogP contribution in [0.1, 0.15) is 22.5 Å². The fraction of sp³-hybridized carbons (Fsp3) is 0.389. The van der Waals surface area contributed by atoms with E-state index in [2.05, 4.69) is 0 Å². The molecule has 7 heteroatoms. The quantitative estimate of drug-likeness (QED) is 0.815. The molecule has 25 heavy (non-hydrogen) atoms. The standard InChI is InChI=1S/C18H22N2O4S/c1-19(2)15-7-5-14(6-8-15)12-20(16-9-11-25(22,23)13-16)18(21)17-4-3-10-24-17/h3-8,10,16H,9,11-13H2,1-2H3/t16-/m0/s1. The maximum absolute atomic E-state index is 12.8. The molecule has 1 aliphatic rings. The van der Waals surface area contributed by atoms with Crippen LogP contribution in [0.5, 0.6) is 0 Å². The summed E-state index contributed by atoms with van der Waals surface area (Å²) in [5.41, 5.74) is 2.02. The van der Waals surface area contributed by atoms with E-state index in [4.69, 9.17) is 4.42 Å². The molecule has 1 aromatic heterocycles. The summed E-state index contributed by atoms with van der Waals surface area (Å²) in [6.07, 6.45) is 1.91. The second-order valence-electron chi connectivity index (χ2n) is 6.53. The average Bonchev–Trinajstić information content (AvgIpc) is 3.22. The Hall–Kier alpha value is -2.28. The number of rotatable bonds is 5. The minimum Gasteiger partial charge on any atom is -0.459 e. The molecule has 1 atom stereocenters. The van der Waals surface area contributed by atoms with Gasteiger partial charge in [-0.25, -0.2) is 8.42 Å². The molecule has 2 heterocycles. The zero-order valence-corrected chi connectivity index (χ0v) is 15.2. The Morgan fingerprint density at radius 3 is 2.44 bits per heavy atom. The van der Waals surface area contributed by atoms with Gasteiger partial charge in [-0.3, -0.25) is 4.79 Å². The molecule has 1 aromatic carbocycles. The van der Waals surface area contributed by atoms with Gasteiger partial charge in [-0.05, 0) is 36.2 Å². The predicted octanol–water partition coefficient (Wildman–Crippen LogP) is 2.18. The van der Waals surface area contributed by atoms with Gasteiger partial charge in [0, 0.05) is 32.4 Å². The van der Waals surface area contributed by atoms with Crippen LogP contribution in [-0.4, -0.2) is 50.9 Å². The van der Waals surface area contributed by atoms with Crippen LogP contribution >= 0.6 is 0 Å². The zero-order valence-electron chi connectivity index (χ0n) is 14.4. The summed E-state index contributed by atoms with van der Waals surface area (Å²) in [5, 5.41) is 0. The largest absolute Gasteiger partial charge is 0.459 e. The monoisotopic (exact) mass is 362 g/mol. The lowest BCUT2D eigenvalue weighted by molar-refractivity contribution is 0.0648. The summed E-state index contributed by atoms with van der Waals surface area (Å²) in [6, 6.07) is 10.8.